The van der Waals surface area contributed by atoms with Gasteiger partial charge in [-0.25, -0.2) is 9.59 Å². The molecular weight excluding hydrogens is 480 g/mol. The number of Topliss-reactive ketones (excluding diaryl/α,β-unsaturated/α-hetero) is 2. The fourth-order valence-corrected chi connectivity index (χ4v) is 4.13. The Labute approximate surface area is 212 Å². The van der Waals surface area contributed by atoms with Crippen molar-refractivity contribution in [1.29, 1.82) is 0 Å². The molecule has 0 radical (unpaired) electrons. The van der Waals surface area contributed by atoms with Gasteiger partial charge in [-0.1, -0.05) is 66.7 Å². The molecule has 1 aliphatic rings. The number of hydrogen-bond donors (Lipinski definition) is 2. The Morgan fingerprint density at radius 3 is 1.70 bits per heavy atom. The van der Waals surface area contributed by atoms with Gasteiger partial charge in [0.15, 0.2) is 11.9 Å². The second-order valence-corrected chi connectivity index (χ2v) is 8.47. The average molecular weight is 504 g/mol. The summed E-state index contributed by atoms with van der Waals surface area (Å²) < 4.78 is 16.3. The lowest BCUT2D eigenvalue weighted by Gasteiger charge is -2.35. The molecule has 0 amide bonds. The summed E-state index contributed by atoms with van der Waals surface area (Å²) in [6, 6.07) is 23.1. The van der Waals surface area contributed by atoms with Crippen molar-refractivity contribution < 1.29 is 43.6 Å². The van der Waals surface area contributed by atoms with Crippen LogP contribution in [-0.2, 0) is 19.0 Å². The zero-order valence-electron chi connectivity index (χ0n) is 19.8. The van der Waals surface area contributed by atoms with E-state index in [4.69, 9.17) is 14.2 Å². The number of esters is 2. The van der Waals surface area contributed by atoms with Gasteiger partial charge in [0.05, 0.1) is 11.1 Å². The summed E-state index contributed by atoms with van der Waals surface area (Å²) in [4.78, 5) is 51.6. The minimum Gasteiger partial charge on any atom is -0.459 e. The Morgan fingerprint density at radius 1 is 0.757 bits per heavy atom. The lowest BCUT2D eigenvalue weighted by molar-refractivity contribution is -0.238. The molecule has 1 fully saturated rings. The predicted octanol–water partition coefficient (Wildman–Crippen LogP) is 2.36. The first-order valence-electron chi connectivity index (χ1n) is 11.4. The zero-order valence-corrected chi connectivity index (χ0v) is 19.8. The van der Waals surface area contributed by atoms with E-state index < -0.39 is 53.7 Å². The summed E-state index contributed by atoms with van der Waals surface area (Å²) in [5.74, 6) is -7.06. The van der Waals surface area contributed by atoms with Gasteiger partial charge in [0.1, 0.15) is 12.7 Å². The van der Waals surface area contributed by atoms with Crippen molar-refractivity contribution in [1.82, 2.24) is 0 Å². The van der Waals surface area contributed by atoms with E-state index in [1.165, 1.54) is 48.5 Å². The van der Waals surface area contributed by atoms with E-state index >= 15 is 0 Å². The van der Waals surface area contributed by atoms with Gasteiger partial charge in [0, 0.05) is 12.5 Å². The van der Waals surface area contributed by atoms with E-state index in [1.54, 1.807) is 42.5 Å². The topological polar surface area (TPSA) is 136 Å². The Kier molecular flexibility index (Phi) is 7.30. The molecule has 3 aromatic rings. The number of carbonyl (C=O) groups is 4. The lowest BCUT2D eigenvalue weighted by atomic mass is 9.79. The fraction of sp³-hybridized carbons (Fsp3) is 0.214. The quantitative estimate of drug-likeness (QED) is 0.350. The van der Waals surface area contributed by atoms with Crippen molar-refractivity contribution in [2.24, 2.45) is 0 Å². The van der Waals surface area contributed by atoms with Crippen molar-refractivity contribution in [2.75, 3.05) is 6.61 Å². The summed E-state index contributed by atoms with van der Waals surface area (Å²) in [6.45, 7) is 0.262. The first-order chi connectivity index (χ1) is 17.7. The highest BCUT2D eigenvalue weighted by Crippen LogP contribution is 2.43. The van der Waals surface area contributed by atoms with Crippen molar-refractivity contribution >= 4 is 23.5 Å². The molecule has 1 aliphatic heterocycles. The molecule has 1 saturated heterocycles. The van der Waals surface area contributed by atoms with Gasteiger partial charge in [-0.2, -0.15) is 0 Å². The molecule has 4 rings (SSSR count). The Balaban J connectivity index is 1.73. The maximum atomic E-state index is 13.6. The SMILES string of the molecule is CC(=O)C1(O)O[C@@H](COC(=O)c2ccccc2)[C@H](OC(=O)c2ccccc2)[C@@]1(O)C(=O)c1ccccc1. The number of aliphatic hydroxyl groups is 2. The molecule has 9 heteroatoms. The van der Waals surface area contributed by atoms with E-state index in [0.29, 0.717) is 0 Å². The summed E-state index contributed by atoms with van der Waals surface area (Å²) in [7, 11) is 0. The molecule has 0 saturated carbocycles. The fourth-order valence-electron chi connectivity index (χ4n) is 4.13. The van der Waals surface area contributed by atoms with E-state index in [9.17, 15) is 29.4 Å². The van der Waals surface area contributed by atoms with E-state index in [1.807, 2.05) is 0 Å². The van der Waals surface area contributed by atoms with Crippen LogP contribution >= 0.6 is 0 Å². The van der Waals surface area contributed by atoms with Crippen LogP contribution in [0.4, 0.5) is 0 Å². The number of rotatable bonds is 8. The minimum atomic E-state index is -3.11. The maximum absolute atomic E-state index is 13.6. The Morgan fingerprint density at radius 2 is 1.22 bits per heavy atom. The van der Waals surface area contributed by atoms with Gasteiger partial charge in [0.25, 0.3) is 5.79 Å². The van der Waals surface area contributed by atoms with Gasteiger partial charge in [0.2, 0.25) is 11.4 Å². The minimum absolute atomic E-state index is 0.0732. The van der Waals surface area contributed by atoms with E-state index in [0.717, 1.165) is 6.92 Å². The smallest absolute Gasteiger partial charge is 0.338 e. The van der Waals surface area contributed by atoms with Crippen LogP contribution in [0.25, 0.3) is 0 Å². The van der Waals surface area contributed by atoms with Crippen LogP contribution in [0, 0.1) is 0 Å². The molecule has 2 N–H and O–H groups in total. The first-order valence-corrected chi connectivity index (χ1v) is 11.4. The third kappa shape index (κ3) is 4.79. The number of carbonyl (C=O) groups excluding carboxylic acids is 4. The van der Waals surface area contributed by atoms with E-state index in [2.05, 4.69) is 0 Å². The second kappa shape index (κ2) is 10.4. The molecule has 1 heterocycles. The maximum Gasteiger partial charge on any atom is 0.338 e. The molecule has 0 spiro atoms. The van der Waals surface area contributed by atoms with Gasteiger partial charge < -0.3 is 24.4 Å². The largest absolute Gasteiger partial charge is 0.459 e. The molecular formula is C28H24O9. The molecule has 4 atom stereocenters. The van der Waals surface area contributed by atoms with Gasteiger partial charge in [-0.05, 0) is 24.3 Å². The van der Waals surface area contributed by atoms with Gasteiger partial charge in [-0.3, -0.25) is 9.59 Å². The monoisotopic (exact) mass is 504 g/mol. The highest BCUT2D eigenvalue weighted by Gasteiger charge is 2.73. The molecule has 3 aromatic carbocycles. The lowest BCUT2D eigenvalue weighted by Crippen LogP contribution is -2.65. The molecule has 9 nitrogen and oxygen atoms in total. The third-order valence-corrected chi connectivity index (χ3v) is 6.08. The van der Waals surface area contributed by atoms with Crippen LogP contribution in [0.2, 0.25) is 0 Å². The predicted molar refractivity (Wildman–Crippen MR) is 129 cm³/mol. The molecule has 190 valence electrons. The van der Waals surface area contributed by atoms with Crippen LogP contribution in [0.1, 0.15) is 38.0 Å². The first kappa shape index (κ1) is 25.9. The molecule has 0 bridgehead atoms. The van der Waals surface area contributed by atoms with Crippen LogP contribution < -0.4 is 0 Å². The van der Waals surface area contributed by atoms with Crippen molar-refractivity contribution in [3.8, 4) is 0 Å². The van der Waals surface area contributed by atoms with Crippen molar-refractivity contribution in [2.45, 2.75) is 30.5 Å². The number of hydrogen-bond acceptors (Lipinski definition) is 9. The number of benzene rings is 3. The normalized spacial score (nSPS) is 24.7. The number of ketones is 2. The average Bonchev–Trinajstić information content (AvgIpc) is 3.15. The second-order valence-electron chi connectivity index (χ2n) is 8.47. The summed E-state index contributed by atoms with van der Waals surface area (Å²) in [5, 5.41) is 23.0. The van der Waals surface area contributed by atoms with Gasteiger partial charge in [-0.15, -0.1) is 0 Å². The molecule has 0 aromatic heterocycles. The zero-order chi connectivity index (χ0) is 26.6. The van der Waals surface area contributed by atoms with Crippen LogP contribution in [-0.4, -0.2) is 63.9 Å². The van der Waals surface area contributed by atoms with Crippen LogP contribution in [0.5, 0.6) is 0 Å². The molecule has 0 aliphatic carbocycles. The van der Waals surface area contributed by atoms with Gasteiger partial charge >= 0.3 is 11.9 Å². The third-order valence-electron chi connectivity index (χ3n) is 6.08. The van der Waals surface area contributed by atoms with E-state index in [-0.39, 0.29) is 16.7 Å². The Bertz CT molecular complexity index is 1290. The number of ether oxygens (including phenoxy) is 3. The summed E-state index contributed by atoms with van der Waals surface area (Å²) in [5.41, 5.74) is -2.85. The highest BCUT2D eigenvalue weighted by molar-refractivity contribution is 6.08. The standard InChI is InChI=1S/C28H24O9/c1-18(29)28(34)27(33,23(30)19-11-5-2-6-12-19)24(36-26(32)21-15-9-4-10-16-21)22(37-28)17-35-25(31)20-13-7-3-8-14-20/h2-16,22,24,33-34H,17H2,1H3/t22-,24-,27-,28?/m0/s1. The van der Waals surface area contributed by atoms with Crippen molar-refractivity contribution in [3.05, 3.63) is 108 Å². The summed E-state index contributed by atoms with van der Waals surface area (Å²) in [6.07, 6.45) is -3.50. The Hall–Kier alpha value is -4.18. The molecule has 1 unspecified atom stereocenters. The van der Waals surface area contributed by atoms with Crippen molar-refractivity contribution in [3.63, 3.8) is 0 Å². The van der Waals surface area contributed by atoms with Crippen LogP contribution in [0.15, 0.2) is 91.0 Å². The molecule has 37 heavy (non-hydrogen) atoms. The summed E-state index contributed by atoms with van der Waals surface area (Å²) >= 11 is 0. The highest BCUT2D eigenvalue weighted by atomic mass is 16.7. The van der Waals surface area contributed by atoms with Crippen LogP contribution in [0.3, 0.4) is 0 Å².